The third-order valence-electron chi connectivity index (χ3n) is 2.86. The van der Waals surface area contributed by atoms with Crippen molar-refractivity contribution >= 4 is 15.9 Å². The number of sulfonamides is 1. The van der Waals surface area contributed by atoms with Gasteiger partial charge < -0.3 is 9.64 Å². The second-order valence-electron chi connectivity index (χ2n) is 4.08. The van der Waals surface area contributed by atoms with E-state index in [1.165, 1.54) is 17.0 Å². The van der Waals surface area contributed by atoms with Gasteiger partial charge in [0.15, 0.2) is 0 Å². The largest absolute Gasteiger partial charge is 0.493 e. The topological polar surface area (TPSA) is 89.7 Å². The number of rotatable bonds is 6. The lowest BCUT2D eigenvalue weighted by Crippen LogP contribution is -2.32. The van der Waals surface area contributed by atoms with Crippen LogP contribution in [0.4, 0.5) is 0 Å². The first-order valence-electron chi connectivity index (χ1n) is 6.44. The quantitative estimate of drug-likeness (QED) is 0.855. The van der Waals surface area contributed by atoms with Crippen molar-refractivity contribution in [2.75, 3.05) is 19.7 Å². The summed E-state index contributed by atoms with van der Waals surface area (Å²) in [7, 11) is -4.00. The second kappa shape index (κ2) is 6.71. The van der Waals surface area contributed by atoms with E-state index in [1.807, 2.05) is 13.8 Å². The van der Waals surface area contributed by atoms with E-state index >= 15 is 0 Å². The molecule has 0 unspecified atom stereocenters. The van der Waals surface area contributed by atoms with Gasteiger partial charge in [0, 0.05) is 13.1 Å². The summed E-state index contributed by atoms with van der Waals surface area (Å²) in [6.45, 7) is 6.67. The molecule has 0 aromatic heterocycles. The fraction of sp³-hybridized carbons (Fsp3) is 0.462. The first-order chi connectivity index (χ1) is 9.36. The number of nitrogens with zero attached hydrogens (tertiary/aromatic N) is 1. The molecule has 1 rings (SSSR count). The van der Waals surface area contributed by atoms with Gasteiger partial charge in [-0.2, -0.15) is 0 Å². The van der Waals surface area contributed by atoms with Crippen LogP contribution in [0.5, 0.6) is 5.75 Å². The van der Waals surface area contributed by atoms with Gasteiger partial charge in [0.25, 0.3) is 5.91 Å². The van der Waals surface area contributed by atoms with Crippen LogP contribution in [-0.4, -0.2) is 38.9 Å². The van der Waals surface area contributed by atoms with Gasteiger partial charge in [-0.1, -0.05) is 6.07 Å². The molecule has 0 aliphatic carbocycles. The smallest absolute Gasteiger partial charge is 0.258 e. The molecule has 1 aromatic rings. The minimum atomic E-state index is -4.00. The molecule has 6 nitrogen and oxygen atoms in total. The van der Waals surface area contributed by atoms with E-state index in [-0.39, 0.29) is 16.2 Å². The average molecular weight is 300 g/mol. The number of ether oxygens (including phenoxy) is 1. The molecule has 112 valence electrons. The van der Waals surface area contributed by atoms with E-state index in [2.05, 4.69) is 0 Å². The van der Waals surface area contributed by atoms with Crippen LogP contribution in [0.2, 0.25) is 0 Å². The van der Waals surface area contributed by atoms with Crippen LogP contribution in [0.15, 0.2) is 23.1 Å². The fourth-order valence-electron chi connectivity index (χ4n) is 1.90. The number of hydrogen-bond donors (Lipinski definition) is 1. The maximum absolute atomic E-state index is 12.5. The monoisotopic (exact) mass is 300 g/mol. The molecule has 0 fully saturated rings. The van der Waals surface area contributed by atoms with Gasteiger partial charge in [-0.05, 0) is 32.9 Å². The zero-order chi connectivity index (χ0) is 15.3. The summed E-state index contributed by atoms with van der Waals surface area (Å²) in [5.74, 6) is -0.168. The summed E-state index contributed by atoms with van der Waals surface area (Å²) in [5, 5.41) is 5.19. The first kappa shape index (κ1) is 16.5. The molecule has 7 heteroatoms. The number of primary sulfonamides is 1. The Kier molecular flexibility index (Phi) is 5.52. The van der Waals surface area contributed by atoms with Crippen LogP contribution < -0.4 is 9.88 Å². The molecule has 20 heavy (non-hydrogen) atoms. The minimum absolute atomic E-state index is 0.000509. The third kappa shape index (κ3) is 3.49. The Morgan fingerprint density at radius 2 is 1.85 bits per heavy atom. The van der Waals surface area contributed by atoms with E-state index in [4.69, 9.17) is 9.88 Å². The van der Waals surface area contributed by atoms with Crippen LogP contribution in [0.1, 0.15) is 31.1 Å². The Morgan fingerprint density at radius 1 is 1.25 bits per heavy atom. The number of carbonyl (C=O) groups is 1. The standard InChI is InChI=1S/C13H20N2O4S/c1-4-15(5-2)13(16)12-10(19-6-3)8-7-9-11(12)20(14,17)18/h7-9H,4-6H2,1-3H3,(H2,14,17,18). The van der Waals surface area contributed by atoms with Crippen molar-refractivity contribution in [3.8, 4) is 5.75 Å². The van der Waals surface area contributed by atoms with Crippen molar-refractivity contribution in [1.29, 1.82) is 0 Å². The average Bonchev–Trinajstić information content (AvgIpc) is 2.39. The van der Waals surface area contributed by atoms with Crippen molar-refractivity contribution in [1.82, 2.24) is 4.90 Å². The number of hydrogen-bond acceptors (Lipinski definition) is 4. The number of carbonyl (C=O) groups excluding carboxylic acids is 1. The van der Waals surface area contributed by atoms with Crippen LogP contribution in [0, 0.1) is 0 Å². The molecule has 0 atom stereocenters. The molecule has 0 bridgehead atoms. The van der Waals surface area contributed by atoms with E-state index in [0.29, 0.717) is 19.7 Å². The van der Waals surface area contributed by atoms with Crippen LogP contribution >= 0.6 is 0 Å². The molecule has 1 amide bonds. The van der Waals surface area contributed by atoms with Crippen LogP contribution in [0.3, 0.4) is 0 Å². The highest BCUT2D eigenvalue weighted by molar-refractivity contribution is 7.89. The van der Waals surface area contributed by atoms with Gasteiger partial charge in [0.05, 0.1) is 11.5 Å². The lowest BCUT2D eigenvalue weighted by atomic mass is 10.1. The Bertz CT molecular complexity index is 580. The Labute approximate surface area is 119 Å². The summed E-state index contributed by atoms with van der Waals surface area (Å²) < 4.78 is 28.7. The van der Waals surface area contributed by atoms with Gasteiger partial charge in [0.1, 0.15) is 11.3 Å². The molecule has 0 radical (unpaired) electrons. The molecule has 0 heterocycles. The second-order valence-corrected chi connectivity index (χ2v) is 5.61. The number of amides is 1. The molecule has 2 N–H and O–H groups in total. The minimum Gasteiger partial charge on any atom is -0.493 e. The van der Waals surface area contributed by atoms with Gasteiger partial charge in [0.2, 0.25) is 10.0 Å². The molecule has 0 spiro atoms. The van der Waals surface area contributed by atoms with Gasteiger partial charge in [-0.15, -0.1) is 0 Å². The van der Waals surface area contributed by atoms with Gasteiger partial charge >= 0.3 is 0 Å². The third-order valence-corrected chi connectivity index (χ3v) is 3.81. The summed E-state index contributed by atoms with van der Waals surface area (Å²) in [4.78, 5) is 13.8. The predicted octanol–water partition coefficient (Wildman–Crippen LogP) is 1.21. The highest BCUT2D eigenvalue weighted by Crippen LogP contribution is 2.27. The zero-order valence-corrected chi connectivity index (χ0v) is 12.7. The molecule has 0 aliphatic heterocycles. The fourth-order valence-corrected chi connectivity index (χ4v) is 2.64. The Balaban J connectivity index is 3.50. The van der Waals surface area contributed by atoms with Crippen molar-refractivity contribution in [2.24, 2.45) is 5.14 Å². The van der Waals surface area contributed by atoms with Gasteiger partial charge in [-0.3, -0.25) is 4.79 Å². The zero-order valence-electron chi connectivity index (χ0n) is 11.9. The molecule has 0 saturated carbocycles. The van der Waals surface area contributed by atoms with Crippen molar-refractivity contribution in [2.45, 2.75) is 25.7 Å². The SMILES string of the molecule is CCOc1cccc(S(N)(=O)=O)c1C(=O)N(CC)CC. The van der Waals surface area contributed by atoms with Crippen molar-refractivity contribution in [3.05, 3.63) is 23.8 Å². The Morgan fingerprint density at radius 3 is 2.30 bits per heavy atom. The van der Waals surface area contributed by atoms with E-state index < -0.39 is 15.9 Å². The predicted molar refractivity (Wildman–Crippen MR) is 76.2 cm³/mol. The highest BCUT2D eigenvalue weighted by atomic mass is 32.2. The van der Waals surface area contributed by atoms with E-state index in [0.717, 1.165) is 0 Å². The molecule has 1 aromatic carbocycles. The Hall–Kier alpha value is -1.60. The van der Waals surface area contributed by atoms with Crippen LogP contribution in [-0.2, 0) is 10.0 Å². The molecular formula is C13H20N2O4S. The highest BCUT2D eigenvalue weighted by Gasteiger charge is 2.26. The maximum Gasteiger partial charge on any atom is 0.258 e. The molecular weight excluding hydrogens is 280 g/mol. The summed E-state index contributed by atoms with van der Waals surface area (Å²) >= 11 is 0. The van der Waals surface area contributed by atoms with E-state index in [9.17, 15) is 13.2 Å². The van der Waals surface area contributed by atoms with Gasteiger partial charge in [-0.25, -0.2) is 13.6 Å². The summed E-state index contributed by atoms with van der Waals surface area (Å²) in [6, 6.07) is 4.38. The van der Waals surface area contributed by atoms with Crippen LogP contribution in [0.25, 0.3) is 0 Å². The van der Waals surface area contributed by atoms with Crippen molar-refractivity contribution < 1.29 is 17.9 Å². The lowest BCUT2D eigenvalue weighted by molar-refractivity contribution is 0.0764. The summed E-state index contributed by atoms with van der Waals surface area (Å²) in [6.07, 6.45) is 0. The van der Waals surface area contributed by atoms with Crippen molar-refractivity contribution in [3.63, 3.8) is 0 Å². The lowest BCUT2D eigenvalue weighted by Gasteiger charge is -2.21. The number of benzene rings is 1. The van der Waals surface area contributed by atoms with E-state index in [1.54, 1.807) is 13.0 Å². The first-order valence-corrected chi connectivity index (χ1v) is 7.99. The molecule has 0 saturated heterocycles. The maximum atomic E-state index is 12.5. The normalized spacial score (nSPS) is 11.2. The molecule has 0 aliphatic rings. The number of nitrogens with two attached hydrogens (primary N) is 1. The summed E-state index contributed by atoms with van der Waals surface area (Å²) in [5.41, 5.74) is 0.000509.